The SMILES string of the molecule is O=C(O)CCCC(=O)N1CC[C@H](c2nnc(-c3ccccc3)o2)C1. The van der Waals surface area contributed by atoms with Crippen molar-refractivity contribution in [1.29, 1.82) is 0 Å². The first-order chi connectivity index (χ1) is 11.6. The van der Waals surface area contributed by atoms with Crippen LogP contribution in [0.15, 0.2) is 34.7 Å². The van der Waals surface area contributed by atoms with Gasteiger partial charge in [-0.2, -0.15) is 0 Å². The highest BCUT2D eigenvalue weighted by Crippen LogP contribution is 2.29. The van der Waals surface area contributed by atoms with Crippen LogP contribution in [0.4, 0.5) is 0 Å². The molecule has 1 aromatic carbocycles. The Balaban J connectivity index is 1.57. The molecule has 1 N–H and O–H groups in total. The molecule has 3 rings (SSSR count). The number of likely N-dealkylation sites (tertiary alicyclic amines) is 1. The number of carboxylic acids is 1. The van der Waals surface area contributed by atoms with Crippen molar-refractivity contribution in [2.45, 2.75) is 31.6 Å². The molecule has 2 aromatic rings. The molecule has 2 heterocycles. The second kappa shape index (κ2) is 7.25. The number of aliphatic carboxylic acids is 1. The normalized spacial score (nSPS) is 17.2. The van der Waals surface area contributed by atoms with Crippen molar-refractivity contribution in [2.75, 3.05) is 13.1 Å². The molecule has 1 aliphatic heterocycles. The van der Waals surface area contributed by atoms with Gasteiger partial charge in [-0.3, -0.25) is 9.59 Å². The van der Waals surface area contributed by atoms with Gasteiger partial charge in [-0.1, -0.05) is 18.2 Å². The quantitative estimate of drug-likeness (QED) is 0.873. The Morgan fingerprint density at radius 2 is 2.00 bits per heavy atom. The predicted molar refractivity (Wildman–Crippen MR) is 85.2 cm³/mol. The van der Waals surface area contributed by atoms with Gasteiger partial charge in [0, 0.05) is 31.5 Å². The Bertz CT molecular complexity index is 714. The largest absolute Gasteiger partial charge is 0.481 e. The zero-order chi connectivity index (χ0) is 16.9. The number of rotatable bonds is 6. The van der Waals surface area contributed by atoms with Crippen molar-refractivity contribution in [1.82, 2.24) is 15.1 Å². The number of hydrogen-bond donors (Lipinski definition) is 1. The number of amides is 1. The number of aromatic nitrogens is 2. The third kappa shape index (κ3) is 3.79. The highest BCUT2D eigenvalue weighted by atomic mass is 16.4. The standard InChI is InChI=1S/C17H19N3O4/c21-14(7-4-8-15(22)23)20-10-9-13(11-20)17-19-18-16(24-17)12-5-2-1-3-6-12/h1-3,5-6,13H,4,7-11H2,(H,22,23)/t13-/m0/s1. The molecular formula is C17H19N3O4. The van der Waals surface area contributed by atoms with Crippen molar-refractivity contribution in [3.05, 3.63) is 36.2 Å². The van der Waals surface area contributed by atoms with Gasteiger partial charge in [0.2, 0.25) is 17.7 Å². The highest BCUT2D eigenvalue weighted by molar-refractivity contribution is 5.77. The molecule has 1 aliphatic rings. The number of hydrogen-bond acceptors (Lipinski definition) is 5. The van der Waals surface area contributed by atoms with Gasteiger partial charge >= 0.3 is 5.97 Å². The Morgan fingerprint density at radius 3 is 2.75 bits per heavy atom. The van der Waals surface area contributed by atoms with Gasteiger partial charge in [-0.15, -0.1) is 10.2 Å². The van der Waals surface area contributed by atoms with Gasteiger partial charge < -0.3 is 14.4 Å². The molecule has 7 heteroatoms. The zero-order valence-electron chi connectivity index (χ0n) is 13.2. The summed E-state index contributed by atoms with van der Waals surface area (Å²) in [6, 6.07) is 9.55. The predicted octanol–water partition coefficient (Wildman–Crippen LogP) is 2.31. The molecule has 0 saturated carbocycles. The van der Waals surface area contributed by atoms with E-state index in [4.69, 9.17) is 9.52 Å². The first-order valence-electron chi connectivity index (χ1n) is 8.02. The number of carboxylic acid groups (broad SMARTS) is 1. The van der Waals surface area contributed by atoms with E-state index in [2.05, 4.69) is 10.2 Å². The summed E-state index contributed by atoms with van der Waals surface area (Å²) in [7, 11) is 0. The van der Waals surface area contributed by atoms with Crippen LogP contribution in [0.1, 0.15) is 37.5 Å². The lowest BCUT2D eigenvalue weighted by molar-refractivity contribution is -0.137. The third-order valence-corrected chi connectivity index (χ3v) is 4.13. The molecule has 126 valence electrons. The summed E-state index contributed by atoms with van der Waals surface area (Å²) in [5, 5.41) is 16.8. The average molecular weight is 329 g/mol. The molecule has 0 aliphatic carbocycles. The number of benzene rings is 1. The van der Waals surface area contributed by atoms with Gasteiger partial charge in [0.15, 0.2) is 0 Å². The van der Waals surface area contributed by atoms with Crippen molar-refractivity contribution < 1.29 is 19.1 Å². The topological polar surface area (TPSA) is 96.5 Å². The molecule has 24 heavy (non-hydrogen) atoms. The summed E-state index contributed by atoms with van der Waals surface area (Å²) in [6.45, 7) is 1.18. The molecule has 7 nitrogen and oxygen atoms in total. The molecule has 1 atom stereocenters. The smallest absolute Gasteiger partial charge is 0.303 e. The maximum absolute atomic E-state index is 12.1. The van der Waals surface area contributed by atoms with Crippen LogP contribution in [0, 0.1) is 0 Å². The molecule has 0 unspecified atom stereocenters. The van der Waals surface area contributed by atoms with E-state index in [9.17, 15) is 9.59 Å². The van der Waals surface area contributed by atoms with Crippen LogP contribution < -0.4 is 0 Å². The maximum Gasteiger partial charge on any atom is 0.303 e. The monoisotopic (exact) mass is 329 g/mol. The second-order valence-electron chi connectivity index (χ2n) is 5.88. The summed E-state index contributed by atoms with van der Waals surface area (Å²) in [5.41, 5.74) is 0.871. The Morgan fingerprint density at radius 1 is 1.21 bits per heavy atom. The summed E-state index contributed by atoms with van der Waals surface area (Å²) < 4.78 is 5.76. The Labute approximate surface area is 139 Å². The lowest BCUT2D eigenvalue weighted by Crippen LogP contribution is -2.28. The van der Waals surface area contributed by atoms with Crippen LogP contribution in [0.5, 0.6) is 0 Å². The van der Waals surface area contributed by atoms with E-state index in [0.717, 1.165) is 12.0 Å². The van der Waals surface area contributed by atoms with Crippen molar-refractivity contribution in [2.24, 2.45) is 0 Å². The van der Waals surface area contributed by atoms with E-state index in [1.54, 1.807) is 4.90 Å². The molecule has 1 aromatic heterocycles. The van der Waals surface area contributed by atoms with E-state index in [1.807, 2.05) is 30.3 Å². The van der Waals surface area contributed by atoms with E-state index >= 15 is 0 Å². The van der Waals surface area contributed by atoms with Crippen LogP contribution in [-0.4, -0.2) is 45.2 Å². The van der Waals surface area contributed by atoms with Crippen LogP contribution in [-0.2, 0) is 9.59 Å². The lowest BCUT2D eigenvalue weighted by atomic mass is 10.1. The minimum atomic E-state index is -0.874. The first-order valence-corrected chi connectivity index (χ1v) is 8.02. The number of carbonyl (C=O) groups is 2. The van der Waals surface area contributed by atoms with Crippen LogP contribution in [0.25, 0.3) is 11.5 Å². The van der Waals surface area contributed by atoms with Crippen LogP contribution >= 0.6 is 0 Å². The summed E-state index contributed by atoms with van der Waals surface area (Å²) in [6.07, 6.45) is 1.43. The van der Waals surface area contributed by atoms with E-state index in [1.165, 1.54) is 0 Å². The second-order valence-corrected chi connectivity index (χ2v) is 5.88. The van der Waals surface area contributed by atoms with Crippen LogP contribution in [0.3, 0.4) is 0 Å². The van der Waals surface area contributed by atoms with Gasteiger partial charge in [0.25, 0.3) is 0 Å². The molecule has 1 amide bonds. The number of carbonyl (C=O) groups excluding carboxylic acids is 1. The highest BCUT2D eigenvalue weighted by Gasteiger charge is 2.30. The zero-order valence-corrected chi connectivity index (χ0v) is 13.2. The summed E-state index contributed by atoms with van der Waals surface area (Å²) >= 11 is 0. The molecule has 1 saturated heterocycles. The van der Waals surface area contributed by atoms with Gasteiger partial charge in [0.05, 0.1) is 5.92 Å². The first kappa shape index (κ1) is 16.2. The average Bonchev–Trinajstić information content (AvgIpc) is 3.24. The van der Waals surface area contributed by atoms with Gasteiger partial charge in [-0.05, 0) is 25.0 Å². The fraction of sp³-hybridized carbons (Fsp3) is 0.412. The Hall–Kier alpha value is -2.70. The number of nitrogens with zero attached hydrogens (tertiary/aromatic N) is 3. The van der Waals surface area contributed by atoms with Crippen molar-refractivity contribution in [3.63, 3.8) is 0 Å². The summed E-state index contributed by atoms with van der Waals surface area (Å²) in [5.74, 6) is 0.188. The molecule has 0 spiro atoms. The van der Waals surface area contributed by atoms with E-state index < -0.39 is 5.97 Å². The fourth-order valence-electron chi connectivity index (χ4n) is 2.83. The summed E-state index contributed by atoms with van der Waals surface area (Å²) in [4.78, 5) is 24.4. The molecule has 0 radical (unpaired) electrons. The third-order valence-electron chi connectivity index (χ3n) is 4.13. The molecule has 1 fully saturated rings. The van der Waals surface area contributed by atoms with Crippen molar-refractivity contribution >= 4 is 11.9 Å². The molecular weight excluding hydrogens is 310 g/mol. The van der Waals surface area contributed by atoms with Crippen molar-refractivity contribution in [3.8, 4) is 11.5 Å². The fourth-order valence-corrected chi connectivity index (χ4v) is 2.83. The molecule has 0 bridgehead atoms. The van der Waals surface area contributed by atoms with E-state index in [0.29, 0.717) is 31.3 Å². The minimum absolute atomic E-state index is 0.0125. The van der Waals surface area contributed by atoms with Crippen LogP contribution in [0.2, 0.25) is 0 Å². The minimum Gasteiger partial charge on any atom is -0.481 e. The lowest BCUT2D eigenvalue weighted by Gasteiger charge is -2.15. The van der Waals surface area contributed by atoms with Gasteiger partial charge in [0.1, 0.15) is 0 Å². The van der Waals surface area contributed by atoms with E-state index in [-0.39, 0.29) is 24.7 Å². The maximum atomic E-state index is 12.1. The Kier molecular flexibility index (Phi) is 4.88. The van der Waals surface area contributed by atoms with Gasteiger partial charge in [-0.25, -0.2) is 0 Å².